The zero-order valence-electron chi connectivity index (χ0n) is 14.6. The Kier molecular flexibility index (Phi) is 7.05. The Bertz CT molecular complexity index is 747. The van der Waals surface area contributed by atoms with Crippen molar-refractivity contribution in [3.05, 3.63) is 28.7 Å². The second-order valence-electron chi connectivity index (χ2n) is 5.71. The van der Waals surface area contributed by atoms with Gasteiger partial charge >= 0.3 is 5.97 Å². The van der Waals surface area contributed by atoms with E-state index in [9.17, 15) is 19.8 Å². The molecule has 1 aromatic rings. The van der Waals surface area contributed by atoms with Gasteiger partial charge in [0.1, 0.15) is 10.4 Å². The van der Waals surface area contributed by atoms with Crippen molar-refractivity contribution >= 4 is 46.3 Å². The highest BCUT2D eigenvalue weighted by Crippen LogP contribution is 2.36. The maximum atomic E-state index is 12.7. The van der Waals surface area contributed by atoms with Gasteiger partial charge in [0.25, 0.3) is 5.91 Å². The molecule has 1 atom stereocenters. The minimum atomic E-state index is -1.06. The quantitative estimate of drug-likeness (QED) is 0.513. The van der Waals surface area contributed by atoms with Crippen LogP contribution in [0.4, 0.5) is 0 Å². The van der Waals surface area contributed by atoms with E-state index in [-0.39, 0.29) is 10.1 Å². The van der Waals surface area contributed by atoms with E-state index in [1.807, 2.05) is 6.92 Å². The first-order valence-electron chi connectivity index (χ1n) is 8.34. The number of carbonyl (C=O) groups is 2. The Balaban J connectivity index is 2.28. The molecule has 2 N–H and O–H groups in total. The number of phenols is 1. The molecule has 0 aromatic heterocycles. The number of aromatic hydroxyl groups is 1. The van der Waals surface area contributed by atoms with E-state index < -0.39 is 17.9 Å². The van der Waals surface area contributed by atoms with E-state index >= 15 is 0 Å². The average molecular weight is 396 g/mol. The van der Waals surface area contributed by atoms with Gasteiger partial charge in [-0.25, -0.2) is 4.79 Å². The molecule has 2 rings (SSSR count). The van der Waals surface area contributed by atoms with Crippen LogP contribution in [0.2, 0.25) is 0 Å². The lowest BCUT2D eigenvalue weighted by Crippen LogP contribution is -2.43. The number of phenolic OH excluding ortho intramolecular Hbond substituents is 1. The van der Waals surface area contributed by atoms with Gasteiger partial charge in [0.15, 0.2) is 11.5 Å². The highest BCUT2D eigenvalue weighted by Gasteiger charge is 2.40. The molecule has 1 saturated heterocycles. The number of thiocarbonyl (C=S) groups is 1. The van der Waals surface area contributed by atoms with Gasteiger partial charge in [-0.05, 0) is 37.1 Å². The lowest BCUT2D eigenvalue weighted by atomic mass is 10.1. The largest absolute Gasteiger partial charge is 0.504 e. The zero-order chi connectivity index (χ0) is 19.3. The van der Waals surface area contributed by atoms with E-state index in [0.717, 1.165) is 18.2 Å². The molecule has 0 radical (unpaired) electrons. The normalized spacial score (nSPS) is 17.0. The first-order valence-corrected chi connectivity index (χ1v) is 9.57. The van der Waals surface area contributed by atoms with Gasteiger partial charge in [0.2, 0.25) is 0 Å². The van der Waals surface area contributed by atoms with Gasteiger partial charge in [-0.15, -0.1) is 0 Å². The Morgan fingerprint density at radius 2 is 2.15 bits per heavy atom. The SMILES string of the molecule is CCCC[C@@H](C(=O)O)N1C(=O)/C(=C/c2ccc(O)c(OCC)c2)SC1=S. The standard InChI is InChI=1S/C18H21NO5S2/c1-3-5-6-12(17(22)23)19-16(21)15(26-18(19)25)10-11-7-8-13(20)14(9-11)24-4-2/h7-10,12,20H,3-6H2,1-2H3,(H,22,23)/b15-10-/t12-/m0/s1. The fourth-order valence-corrected chi connectivity index (χ4v) is 3.91. The average Bonchev–Trinajstić information content (AvgIpc) is 2.86. The van der Waals surface area contributed by atoms with Crippen molar-refractivity contribution < 1.29 is 24.5 Å². The minimum absolute atomic E-state index is 0.0158. The molecule has 140 valence electrons. The maximum Gasteiger partial charge on any atom is 0.326 e. The van der Waals surface area contributed by atoms with Gasteiger partial charge in [0.05, 0.1) is 11.5 Å². The number of carboxylic acid groups (broad SMARTS) is 1. The number of rotatable bonds is 8. The van der Waals surface area contributed by atoms with E-state index in [2.05, 4.69) is 0 Å². The molecule has 26 heavy (non-hydrogen) atoms. The van der Waals surface area contributed by atoms with Gasteiger partial charge in [0, 0.05) is 0 Å². The monoisotopic (exact) mass is 395 g/mol. The van der Waals surface area contributed by atoms with Crippen molar-refractivity contribution in [2.75, 3.05) is 6.61 Å². The van der Waals surface area contributed by atoms with Crippen LogP contribution in [-0.2, 0) is 9.59 Å². The number of carboxylic acids is 1. The van der Waals surface area contributed by atoms with Gasteiger partial charge in [-0.1, -0.05) is 49.8 Å². The van der Waals surface area contributed by atoms with Crippen LogP contribution in [0.25, 0.3) is 6.08 Å². The van der Waals surface area contributed by atoms with Crippen molar-refractivity contribution in [1.29, 1.82) is 0 Å². The van der Waals surface area contributed by atoms with E-state index in [4.69, 9.17) is 17.0 Å². The number of carbonyl (C=O) groups excluding carboxylic acids is 1. The molecular weight excluding hydrogens is 374 g/mol. The van der Waals surface area contributed by atoms with Crippen LogP contribution in [0.5, 0.6) is 11.5 Å². The molecule has 1 aromatic carbocycles. The summed E-state index contributed by atoms with van der Waals surface area (Å²) in [6, 6.07) is 3.80. The molecule has 1 aliphatic heterocycles. The van der Waals surface area contributed by atoms with Crippen molar-refractivity contribution in [3.8, 4) is 11.5 Å². The summed E-state index contributed by atoms with van der Waals surface area (Å²) in [5.41, 5.74) is 0.659. The van der Waals surface area contributed by atoms with Crippen LogP contribution in [0, 0.1) is 0 Å². The zero-order valence-corrected chi connectivity index (χ0v) is 16.2. The van der Waals surface area contributed by atoms with Crippen LogP contribution in [-0.4, -0.2) is 44.0 Å². The number of nitrogens with zero attached hydrogens (tertiary/aromatic N) is 1. The van der Waals surface area contributed by atoms with Gasteiger partial charge in [-0.3, -0.25) is 9.69 Å². The van der Waals surface area contributed by atoms with Crippen molar-refractivity contribution in [2.45, 2.75) is 39.2 Å². The molecule has 6 nitrogen and oxygen atoms in total. The maximum absolute atomic E-state index is 12.7. The Morgan fingerprint density at radius 1 is 1.42 bits per heavy atom. The number of benzene rings is 1. The number of unbranched alkanes of at least 4 members (excludes halogenated alkanes) is 1. The molecule has 0 bridgehead atoms. The predicted molar refractivity (Wildman–Crippen MR) is 105 cm³/mol. The summed E-state index contributed by atoms with van der Waals surface area (Å²) in [6.07, 6.45) is 3.52. The number of ether oxygens (including phenoxy) is 1. The molecular formula is C18H21NO5S2. The minimum Gasteiger partial charge on any atom is -0.504 e. The van der Waals surface area contributed by atoms with Crippen molar-refractivity contribution in [1.82, 2.24) is 4.90 Å². The molecule has 1 fully saturated rings. The highest BCUT2D eigenvalue weighted by molar-refractivity contribution is 8.26. The van der Waals surface area contributed by atoms with E-state index in [1.54, 1.807) is 25.1 Å². The third kappa shape index (κ3) is 4.56. The second kappa shape index (κ2) is 9.05. The number of amides is 1. The van der Waals surface area contributed by atoms with Crippen LogP contribution >= 0.6 is 24.0 Å². The van der Waals surface area contributed by atoms with Gasteiger partial charge < -0.3 is 14.9 Å². The summed E-state index contributed by atoms with van der Waals surface area (Å²) in [5.74, 6) is -1.13. The highest BCUT2D eigenvalue weighted by atomic mass is 32.2. The van der Waals surface area contributed by atoms with Crippen molar-refractivity contribution in [2.24, 2.45) is 0 Å². The van der Waals surface area contributed by atoms with Crippen molar-refractivity contribution in [3.63, 3.8) is 0 Å². The lowest BCUT2D eigenvalue weighted by molar-refractivity contribution is -0.145. The van der Waals surface area contributed by atoms with Crippen LogP contribution in [0.1, 0.15) is 38.7 Å². The number of hydrogen-bond acceptors (Lipinski definition) is 6. The molecule has 1 heterocycles. The molecule has 0 spiro atoms. The summed E-state index contributed by atoms with van der Waals surface area (Å²) < 4.78 is 5.58. The topological polar surface area (TPSA) is 87.1 Å². The first-order chi connectivity index (χ1) is 12.4. The number of aliphatic carboxylic acids is 1. The predicted octanol–water partition coefficient (Wildman–Crippen LogP) is 3.64. The smallest absolute Gasteiger partial charge is 0.326 e. The third-order valence-corrected chi connectivity index (χ3v) is 5.16. The third-order valence-electron chi connectivity index (χ3n) is 3.83. The molecule has 0 aliphatic carbocycles. The van der Waals surface area contributed by atoms with Crippen LogP contribution in [0.15, 0.2) is 23.1 Å². The van der Waals surface area contributed by atoms with Crippen LogP contribution < -0.4 is 4.74 Å². The number of thioether (sulfide) groups is 1. The van der Waals surface area contributed by atoms with Crippen LogP contribution in [0.3, 0.4) is 0 Å². The summed E-state index contributed by atoms with van der Waals surface area (Å²) >= 11 is 6.33. The summed E-state index contributed by atoms with van der Waals surface area (Å²) in [5, 5.41) is 19.2. The lowest BCUT2D eigenvalue weighted by Gasteiger charge is -2.22. The van der Waals surface area contributed by atoms with E-state index in [0.29, 0.717) is 35.7 Å². The first kappa shape index (κ1) is 20.3. The van der Waals surface area contributed by atoms with Gasteiger partial charge in [-0.2, -0.15) is 0 Å². The summed E-state index contributed by atoms with van der Waals surface area (Å²) in [7, 11) is 0. The summed E-state index contributed by atoms with van der Waals surface area (Å²) in [4.78, 5) is 25.8. The Labute approximate surface area is 161 Å². The molecule has 8 heteroatoms. The van der Waals surface area contributed by atoms with E-state index in [1.165, 1.54) is 11.0 Å². The molecule has 0 saturated carbocycles. The fourth-order valence-electron chi connectivity index (χ4n) is 2.55. The molecule has 1 aliphatic rings. The molecule has 0 unspecified atom stereocenters. The second-order valence-corrected chi connectivity index (χ2v) is 7.38. The fraction of sp³-hybridized carbons (Fsp3) is 0.389. The summed E-state index contributed by atoms with van der Waals surface area (Å²) in [6.45, 7) is 4.17. The number of hydrogen-bond donors (Lipinski definition) is 2. The Morgan fingerprint density at radius 3 is 2.77 bits per heavy atom. The Hall–Kier alpha value is -2.06. The molecule has 1 amide bonds.